The third-order valence-corrected chi connectivity index (χ3v) is 3.30. The maximum Gasteiger partial charge on any atom is 0.121 e. The van der Waals surface area contributed by atoms with Crippen LogP contribution in [0.4, 0.5) is 5.00 Å². The van der Waals surface area contributed by atoms with Gasteiger partial charge in [-0.15, -0.1) is 11.3 Å². The molecule has 1 aromatic heterocycles. The van der Waals surface area contributed by atoms with E-state index >= 15 is 0 Å². The second-order valence-electron chi connectivity index (χ2n) is 2.91. The lowest BCUT2D eigenvalue weighted by atomic mass is 10.2. The molecule has 0 saturated carbocycles. The standard InChI is InChI=1S/C10H10ClNOS/c1-2-13-7-3-6-4-9(12)14-10(6)8(11)5-7/h3-5H,2,12H2,1H3. The van der Waals surface area contributed by atoms with Crippen molar-refractivity contribution in [3.05, 3.63) is 23.2 Å². The molecule has 0 aliphatic carbocycles. The van der Waals surface area contributed by atoms with E-state index in [0.717, 1.165) is 20.8 Å². The predicted molar refractivity (Wildman–Crippen MR) is 62.4 cm³/mol. The van der Waals surface area contributed by atoms with Crippen LogP contribution in [0.3, 0.4) is 0 Å². The van der Waals surface area contributed by atoms with Crippen LogP contribution in [0.15, 0.2) is 18.2 Å². The average Bonchev–Trinajstić information content (AvgIpc) is 2.47. The summed E-state index contributed by atoms with van der Waals surface area (Å²) in [6.07, 6.45) is 0. The van der Waals surface area contributed by atoms with Crippen molar-refractivity contribution >= 4 is 38.0 Å². The molecule has 0 saturated heterocycles. The largest absolute Gasteiger partial charge is 0.494 e. The molecule has 0 radical (unpaired) electrons. The molecule has 0 aliphatic rings. The van der Waals surface area contributed by atoms with Gasteiger partial charge in [-0.3, -0.25) is 0 Å². The number of hydrogen-bond donors (Lipinski definition) is 1. The van der Waals surface area contributed by atoms with Crippen molar-refractivity contribution in [2.24, 2.45) is 0 Å². The normalized spacial score (nSPS) is 10.7. The van der Waals surface area contributed by atoms with E-state index in [1.165, 1.54) is 11.3 Å². The molecule has 2 rings (SSSR count). The fourth-order valence-corrected chi connectivity index (χ4v) is 2.50. The summed E-state index contributed by atoms with van der Waals surface area (Å²) in [5.74, 6) is 0.794. The van der Waals surface area contributed by atoms with E-state index in [2.05, 4.69) is 0 Å². The van der Waals surface area contributed by atoms with Crippen molar-refractivity contribution in [1.29, 1.82) is 0 Å². The first kappa shape index (κ1) is 9.62. The third kappa shape index (κ3) is 1.65. The molecule has 0 fully saturated rings. The lowest BCUT2D eigenvalue weighted by Crippen LogP contribution is -1.90. The lowest BCUT2D eigenvalue weighted by Gasteiger charge is -2.03. The van der Waals surface area contributed by atoms with Crippen LogP contribution in [0.5, 0.6) is 5.75 Å². The summed E-state index contributed by atoms with van der Waals surface area (Å²) >= 11 is 7.58. The van der Waals surface area contributed by atoms with Crippen LogP contribution in [0.2, 0.25) is 5.02 Å². The Hall–Kier alpha value is -0.930. The minimum Gasteiger partial charge on any atom is -0.494 e. The average molecular weight is 228 g/mol. The molecule has 2 nitrogen and oxygen atoms in total. The number of nitrogen functional groups attached to an aromatic ring is 1. The van der Waals surface area contributed by atoms with Crippen LogP contribution in [0.1, 0.15) is 6.92 Å². The Labute approximate surface area is 91.2 Å². The Morgan fingerprint density at radius 2 is 2.21 bits per heavy atom. The highest BCUT2D eigenvalue weighted by molar-refractivity contribution is 7.23. The molecule has 0 unspecified atom stereocenters. The summed E-state index contributed by atoms with van der Waals surface area (Å²) < 4.78 is 6.40. The molecule has 0 aliphatic heterocycles. The van der Waals surface area contributed by atoms with Crippen LogP contribution in [0.25, 0.3) is 10.1 Å². The second-order valence-corrected chi connectivity index (χ2v) is 4.40. The summed E-state index contributed by atoms with van der Waals surface area (Å²) in [5, 5.41) is 2.52. The molecule has 1 heterocycles. The molecule has 2 aromatic rings. The lowest BCUT2D eigenvalue weighted by molar-refractivity contribution is 0.341. The van der Waals surface area contributed by atoms with Gasteiger partial charge in [-0.25, -0.2) is 0 Å². The molecular formula is C10H10ClNOS. The number of nitrogens with two attached hydrogens (primary N) is 1. The Balaban J connectivity index is 2.59. The number of anilines is 1. The van der Waals surface area contributed by atoms with Gasteiger partial charge in [0.2, 0.25) is 0 Å². The second kappa shape index (κ2) is 3.67. The summed E-state index contributed by atoms with van der Waals surface area (Å²) in [4.78, 5) is 0. The van der Waals surface area contributed by atoms with Gasteiger partial charge in [0.05, 0.1) is 21.3 Å². The number of fused-ring (bicyclic) bond motifs is 1. The number of benzene rings is 1. The number of ether oxygens (including phenoxy) is 1. The number of hydrogen-bond acceptors (Lipinski definition) is 3. The quantitative estimate of drug-likeness (QED) is 0.852. The van der Waals surface area contributed by atoms with Gasteiger partial charge in [-0.05, 0) is 24.4 Å². The zero-order valence-electron chi connectivity index (χ0n) is 7.71. The van der Waals surface area contributed by atoms with Crippen molar-refractivity contribution in [3.63, 3.8) is 0 Å². The number of thiophene rings is 1. The van der Waals surface area contributed by atoms with Crippen LogP contribution in [-0.2, 0) is 0 Å². The molecule has 0 atom stereocenters. The summed E-state index contributed by atoms with van der Waals surface area (Å²) in [6.45, 7) is 2.58. The predicted octanol–water partition coefficient (Wildman–Crippen LogP) is 3.54. The van der Waals surface area contributed by atoms with Crippen LogP contribution < -0.4 is 10.5 Å². The Morgan fingerprint density at radius 1 is 1.43 bits per heavy atom. The zero-order valence-corrected chi connectivity index (χ0v) is 9.28. The van der Waals surface area contributed by atoms with Crippen LogP contribution >= 0.6 is 22.9 Å². The van der Waals surface area contributed by atoms with Gasteiger partial charge in [0.25, 0.3) is 0 Å². The molecule has 14 heavy (non-hydrogen) atoms. The van der Waals surface area contributed by atoms with Gasteiger partial charge in [0.1, 0.15) is 5.75 Å². The van der Waals surface area contributed by atoms with E-state index in [4.69, 9.17) is 22.1 Å². The van der Waals surface area contributed by atoms with E-state index in [1.807, 2.05) is 25.1 Å². The SMILES string of the molecule is CCOc1cc(Cl)c2sc(N)cc2c1. The van der Waals surface area contributed by atoms with Crippen molar-refractivity contribution in [2.45, 2.75) is 6.92 Å². The first-order valence-electron chi connectivity index (χ1n) is 4.32. The molecule has 0 bridgehead atoms. The molecule has 1 aromatic carbocycles. The third-order valence-electron chi connectivity index (χ3n) is 1.87. The molecule has 2 N–H and O–H groups in total. The topological polar surface area (TPSA) is 35.2 Å². The fraction of sp³-hybridized carbons (Fsp3) is 0.200. The minimum absolute atomic E-state index is 0.640. The van der Waals surface area contributed by atoms with E-state index in [0.29, 0.717) is 11.6 Å². The van der Waals surface area contributed by atoms with E-state index in [1.54, 1.807) is 0 Å². The minimum atomic E-state index is 0.640. The number of rotatable bonds is 2. The molecule has 4 heteroatoms. The highest BCUT2D eigenvalue weighted by Crippen LogP contribution is 2.36. The fourth-order valence-electron chi connectivity index (χ4n) is 1.35. The summed E-state index contributed by atoms with van der Waals surface area (Å²) in [7, 11) is 0. The van der Waals surface area contributed by atoms with Crippen molar-refractivity contribution in [1.82, 2.24) is 0 Å². The smallest absolute Gasteiger partial charge is 0.121 e. The molecular weight excluding hydrogens is 218 g/mol. The van der Waals surface area contributed by atoms with Gasteiger partial charge >= 0.3 is 0 Å². The van der Waals surface area contributed by atoms with Crippen molar-refractivity contribution in [2.75, 3.05) is 12.3 Å². The van der Waals surface area contributed by atoms with E-state index in [9.17, 15) is 0 Å². The van der Waals surface area contributed by atoms with Gasteiger partial charge < -0.3 is 10.5 Å². The van der Waals surface area contributed by atoms with Gasteiger partial charge in [0, 0.05) is 6.07 Å². The highest BCUT2D eigenvalue weighted by Gasteiger charge is 2.06. The zero-order chi connectivity index (χ0) is 10.1. The van der Waals surface area contributed by atoms with Gasteiger partial charge in [-0.2, -0.15) is 0 Å². The molecule has 0 spiro atoms. The van der Waals surface area contributed by atoms with Crippen LogP contribution in [-0.4, -0.2) is 6.61 Å². The van der Waals surface area contributed by atoms with Crippen LogP contribution in [0, 0.1) is 0 Å². The molecule has 0 amide bonds. The van der Waals surface area contributed by atoms with E-state index in [-0.39, 0.29) is 0 Å². The van der Waals surface area contributed by atoms with Gasteiger partial charge in [-0.1, -0.05) is 11.6 Å². The first-order valence-corrected chi connectivity index (χ1v) is 5.51. The number of halogens is 1. The summed E-state index contributed by atoms with van der Waals surface area (Å²) in [5.41, 5.74) is 5.70. The summed E-state index contributed by atoms with van der Waals surface area (Å²) in [6, 6.07) is 5.69. The highest BCUT2D eigenvalue weighted by atomic mass is 35.5. The Bertz CT molecular complexity index is 466. The Morgan fingerprint density at radius 3 is 2.93 bits per heavy atom. The molecule has 74 valence electrons. The maximum atomic E-state index is 6.09. The monoisotopic (exact) mass is 227 g/mol. The maximum absolute atomic E-state index is 6.09. The first-order chi connectivity index (χ1) is 6.70. The van der Waals surface area contributed by atoms with Crippen molar-refractivity contribution in [3.8, 4) is 5.75 Å². The Kier molecular flexibility index (Phi) is 2.52. The van der Waals surface area contributed by atoms with Gasteiger partial charge in [0.15, 0.2) is 0 Å². The van der Waals surface area contributed by atoms with E-state index < -0.39 is 0 Å². The van der Waals surface area contributed by atoms with Crippen molar-refractivity contribution < 1.29 is 4.74 Å².